The number of carbonyl (C=O) groups excluding carboxylic acids is 2. The normalized spacial score (nSPS) is 27.6. The van der Waals surface area contributed by atoms with Crippen LogP contribution in [0.5, 0.6) is 5.75 Å². The average Bonchev–Trinajstić information content (AvgIpc) is 2.89. The van der Waals surface area contributed by atoms with Gasteiger partial charge in [0.15, 0.2) is 0 Å². The van der Waals surface area contributed by atoms with Crippen LogP contribution < -0.4 is 15.8 Å². The maximum Gasteiger partial charge on any atom is 0.306 e. The molecule has 5 rings (SSSR count). The second kappa shape index (κ2) is 13.1. The van der Waals surface area contributed by atoms with E-state index < -0.39 is 0 Å². The van der Waals surface area contributed by atoms with Crippen molar-refractivity contribution in [2.24, 2.45) is 5.92 Å². The molecule has 3 N–H and O–H groups in total. The van der Waals surface area contributed by atoms with Crippen LogP contribution in [0.25, 0.3) is 0 Å². The molecular formula is C27H41ClN4O5. The minimum Gasteiger partial charge on any atom is -0.496 e. The molecule has 4 aliphatic rings. The van der Waals surface area contributed by atoms with Gasteiger partial charge in [-0.1, -0.05) is 18.0 Å². The van der Waals surface area contributed by atoms with E-state index in [1.54, 1.807) is 19.2 Å². The van der Waals surface area contributed by atoms with Crippen molar-refractivity contribution in [2.45, 2.75) is 63.2 Å². The van der Waals surface area contributed by atoms with Gasteiger partial charge in [-0.3, -0.25) is 14.5 Å². The summed E-state index contributed by atoms with van der Waals surface area (Å²) in [5.41, 5.74) is 6.54. The molecule has 4 heterocycles. The maximum atomic E-state index is 13.0. The summed E-state index contributed by atoms with van der Waals surface area (Å²) in [6.07, 6.45) is 6.39. The highest BCUT2D eigenvalue weighted by Crippen LogP contribution is 2.31. The van der Waals surface area contributed by atoms with Crippen molar-refractivity contribution >= 4 is 29.2 Å². The molecule has 4 saturated heterocycles. The minimum absolute atomic E-state index is 0.0485. The number of piperidine rings is 4. The number of esters is 1. The SMILES string of the molecule is COc1cc(N)cc(Cl)c1C(=O)NC1CCN(CCCCCC(=O)OC2CN3CCC2CC3)CC1OC. The van der Waals surface area contributed by atoms with Crippen LogP contribution in [-0.4, -0.2) is 93.4 Å². The molecular weight excluding hydrogens is 496 g/mol. The number of hydrogen-bond donors (Lipinski definition) is 2. The van der Waals surface area contributed by atoms with E-state index >= 15 is 0 Å². The van der Waals surface area contributed by atoms with Crippen LogP contribution >= 0.6 is 11.6 Å². The van der Waals surface area contributed by atoms with Crippen molar-refractivity contribution in [2.75, 3.05) is 59.2 Å². The zero-order chi connectivity index (χ0) is 26.4. The lowest BCUT2D eigenvalue weighted by molar-refractivity contribution is -0.158. The summed E-state index contributed by atoms with van der Waals surface area (Å²) < 4.78 is 16.8. The first-order valence-electron chi connectivity index (χ1n) is 13.5. The van der Waals surface area contributed by atoms with E-state index in [9.17, 15) is 9.59 Å². The molecule has 0 aliphatic carbocycles. The van der Waals surface area contributed by atoms with Crippen LogP contribution in [0.15, 0.2) is 12.1 Å². The second-order valence-electron chi connectivity index (χ2n) is 10.5. The molecule has 2 bridgehead atoms. The van der Waals surface area contributed by atoms with Crippen molar-refractivity contribution in [1.29, 1.82) is 0 Å². The van der Waals surface area contributed by atoms with Crippen LogP contribution in [0.2, 0.25) is 5.02 Å². The fraction of sp³-hybridized carbons (Fsp3) is 0.704. The number of likely N-dealkylation sites (tertiary alicyclic amines) is 1. The van der Waals surface area contributed by atoms with E-state index in [-0.39, 0.29) is 40.7 Å². The molecule has 0 spiro atoms. The predicted octanol–water partition coefficient (Wildman–Crippen LogP) is 2.95. The van der Waals surface area contributed by atoms with Gasteiger partial charge in [0.25, 0.3) is 5.91 Å². The molecule has 37 heavy (non-hydrogen) atoms. The molecule has 3 unspecified atom stereocenters. The Balaban J connectivity index is 1.15. The lowest BCUT2D eigenvalue weighted by atomic mass is 9.86. The van der Waals surface area contributed by atoms with Crippen LogP contribution in [0.4, 0.5) is 5.69 Å². The van der Waals surface area contributed by atoms with Gasteiger partial charge in [-0.15, -0.1) is 0 Å². The Labute approximate surface area is 224 Å². The number of benzene rings is 1. The number of carbonyl (C=O) groups is 2. The number of nitrogens with zero attached hydrogens (tertiary/aromatic N) is 2. The molecule has 1 amide bonds. The summed E-state index contributed by atoms with van der Waals surface area (Å²) >= 11 is 6.29. The molecule has 1 aromatic carbocycles. The van der Waals surface area contributed by atoms with Crippen LogP contribution in [0, 0.1) is 5.92 Å². The standard InChI is InChI=1S/C27H41ClN4O5/c1-35-22-15-19(29)14-20(28)26(22)27(34)30-21-9-13-31(17-24(21)36-2)10-5-3-4-6-25(33)37-23-16-32-11-7-18(23)8-12-32/h14-15,18,21,23-24H,3-13,16-17,29H2,1-2H3,(H,30,34). The van der Waals surface area contributed by atoms with E-state index in [1.807, 2.05) is 0 Å². The zero-order valence-electron chi connectivity index (χ0n) is 22.0. The molecule has 206 valence electrons. The number of amides is 1. The molecule has 3 atom stereocenters. The van der Waals surface area contributed by atoms with Gasteiger partial charge in [-0.25, -0.2) is 0 Å². The van der Waals surface area contributed by atoms with Gasteiger partial charge in [0.05, 0.1) is 24.3 Å². The molecule has 10 heteroatoms. The van der Waals surface area contributed by atoms with Crippen LogP contribution in [0.1, 0.15) is 55.3 Å². The Hall–Kier alpha value is -2.07. The fourth-order valence-corrected chi connectivity index (χ4v) is 6.17. The number of rotatable bonds is 11. The predicted molar refractivity (Wildman–Crippen MR) is 143 cm³/mol. The van der Waals surface area contributed by atoms with E-state index in [1.165, 1.54) is 7.11 Å². The number of fused-ring (bicyclic) bond motifs is 3. The number of halogens is 1. The van der Waals surface area contributed by atoms with Gasteiger partial charge in [-0.05, 0) is 63.7 Å². The maximum absolute atomic E-state index is 13.0. The smallest absolute Gasteiger partial charge is 0.306 e. The van der Waals surface area contributed by atoms with E-state index in [0.29, 0.717) is 23.8 Å². The highest BCUT2D eigenvalue weighted by atomic mass is 35.5. The molecule has 4 aliphatic heterocycles. The third-order valence-electron chi connectivity index (χ3n) is 8.02. The number of unbranched alkanes of at least 4 members (excludes halogenated alkanes) is 2. The molecule has 0 saturated carbocycles. The molecule has 1 aromatic rings. The highest BCUT2D eigenvalue weighted by Gasteiger charge is 2.36. The van der Waals surface area contributed by atoms with E-state index in [2.05, 4.69) is 15.1 Å². The summed E-state index contributed by atoms with van der Waals surface area (Å²) in [7, 11) is 3.16. The first kappa shape index (κ1) is 28.0. The Morgan fingerprint density at radius 3 is 2.51 bits per heavy atom. The van der Waals surface area contributed by atoms with Crippen molar-refractivity contribution in [3.63, 3.8) is 0 Å². The Morgan fingerprint density at radius 2 is 1.84 bits per heavy atom. The van der Waals surface area contributed by atoms with Crippen molar-refractivity contribution in [3.05, 3.63) is 22.7 Å². The zero-order valence-corrected chi connectivity index (χ0v) is 22.8. The van der Waals surface area contributed by atoms with Gasteiger partial charge in [0, 0.05) is 44.9 Å². The first-order valence-corrected chi connectivity index (χ1v) is 13.9. The van der Waals surface area contributed by atoms with E-state index in [4.69, 9.17) is 31.5 Å². The van der Waals surface area contributed by atoms with Gasteiger partial charge >= 0.3 is 5.97 Å². The fourth-order valence-electron chi connectivity index (χ4n) is 5.86. The van der Waals surface area contributed by atoms with Crippen molar-refractivity contribution < 1.29 is 23.8 Å². The van der Waals surface area contributed by atoms with E-state index in [0.717, 1.165) is 77.8 Å². The number of nitrogens with two attached hydrogens (primary N) is 1. The van der Waals surface area contributed by atoms with Gasteiger partial charge in [-0.2, -0.15) is 0 Å². The summed E-state index contributed by atoms with van der Waals surface area (Å²) in [5, 5.41) is 3.33. The van der Waals surface area contributed by atoms with Gasteiger partial charge in [0.1, 0.15) is 17.4 Å². The average molecular weight is 537 g/mol. The van der Waals surface area contributed by atoms with Crippen molar-refractivity contribution in [1.82, 2.24) is 15.1 Å². The Morgan fingerprint density at radius 1 is 1.05 bits per heavy atom. The number of ether oxygens (including phenoxy) is 3. The summed E-state index contributed by atoms with van der Waals surface area (Å²) in [6, 6.07) is 3.01. The van der Waals surface area contributed by atoms with Crippen LogP contribution in [0.3, 0.4) is 0 Å². The Kier molecular flexibility index (Phi) is 9.92. The topological polar surface area (TPSA) is 106 Å². The molecule has 4 fully saturated rings. The Bertz CT molecular complexity index is 940. The van der Waals surface area contributed by atoms with Crippen molar-refractivity contribution in [3.8, 4) is 5.75 Å². The lowest BCUT2D eigenvalue weighted by Crippen LogP contribution is -2.55. The summed E-state index contributed by atoms with van der Waals surface area (Å²) in [5.74, 6) is 0.558. The number of anilines is 1. The number of methoxy groups -OCH3 is 2. The highest BCUT2D eigenvalue weighted by molar-refractivity contribution is 6.34. The molecule has 0 radical (unpaired) electrons. The molecule has 0 aromatic heterocycles. The minimum atomic E-state index is -0.299. The lowest BCUT2D eigenvalue weighted by Gasteiger charge is -2.43. The summed E-state index contributed by atoms with van der Waals surface area (Å²) in [6.45, 7) is 5.74. The van der Waals surface area contributed by atoms with Gasteiger partial charge in [0.2, 0.25) is 0 Å². The third-order valence-corrected chi connectivity index (χ3v) is 8.32. The number of hydrogen-bond acceptors (Lipinski definition) is 8. The molecule has 9 nitrogen and oxygen atoms in total. The monoisotopic (exact) mass is 536 g/mol. The summed E-state index contributed by atoms with van der Waals surface area (Å²) in [4.78, 5) is 30.1. The largest absolute Gasteiger partial charge is 0.496 e. The number of nitrogen functional groups attached to an aromatic ring is 1. The number of nitrogens with one attached hydrogen (secondary N) is 1. The first-order chi connectivity index (χ1) is 17.9. The van der Waals surface area contributed by atoms with Crippen LogP contribution in [-0.2, 0) is 14.3 Å². The second-order valence-corrected chi connectivity index (χ2v) is 10.9. The van der Waals surface area contributed by atoms with Gasteiger partial charge < -0.3 is 30.2 Å². The quantitative estimate of drug-likeness (QED) is 0.252. The third kappa shape index (κ3) is 7.28.